The molecule has 5 nitrogen and oxygen atoms in total. The average molecular weight is 388 g/mol. The number of carbonyl (C=O) groups excluding carboxylic acids is 2. The standard InChI is InChI=1S/C20H19ClFN3O2/c1-24(12-15-3-2-4-16(21)11-15)20(27)18-9-10-19(26)25(23-18)13-14-5-7-17(22)8-6-14/h2-8,11H,9-10,12-13H2,1H3. The predicted octanol–water partition coefficient (Wildman–Crippen LogP) is 3.62. The zero-order valence-corrected chi connectivity index (χ0v) is 15.6. The third kappa shape index (κ3) is 4.92. The Balaban J connectivity index is 1.71. The molecule has 0 saturated heterocycles. The summed E-state index contributed by atoms with van der Waals surface area (Å²) >= 11 is 5.98. The van der Waals surface area contributed by atoms with Crippen LogP contribution in [-0.2, 0) is 22.7 Å². The monoisotopic (exact) mass is 387 g/mol. The second-order valence-corrected chi connectivity index (χ2v) is 6.85. The van der Waals surface area contributed by atoms with E-state index in [9.17, 15) is 14.0 Å². The summed E-state index contributed by atoms with van der Waals surface area (Å²) in [6.45, 7) is 0.595. The van der Waals surface area contributed by atoms with E-state index in [2.05, 4.69) is 5.10 Å². The summed E-state index contributed by atoms with van der Waals surface area (Å²) in [5, 5.41) is 6.14. The Labute approximate surface area is 162 Å². The molecule has 0 spiro atoms. The number of halogens is 2. The van der Waals surface area contributed by atoms with Crippen LogP contribution in [0.4, 0.5) is 4.39 Å². The van der Waals surface area contributed by atoms with Gasteiger partial charge in [0.1, 0.15) is 11.5 Å². The van der Waals surface area contributed by atoms with E-state index in [0.29, 0.717) is 23.7 Å². The maximum atomic E-state index is 13.0. The minimum Gasteiger partial charge on any atom is -0.336 e. The number of nitrogens with zero attached hydrogens (tertiary/aromatic N) is 3. The lowest BCUT2D eigenvalue weighted by atomic mass is 10.1. The Morgan fingerprint density at radius 1 is 1.19 bits per heavy atom. The van der Waals surface area contributed by atoms with Gasteiger partial charge in [-0.1, -0.05) is 35.9 Å². The molecule has 1 aliphatic heterocycles. The van der Waals surface area contributed by atoms with Crippen molar-refractivity contribution < 1.29 is 14.0 Å². The van der Waals surface area contributed by atoms with Crippen LogP contribution in [0.3, 0.4) is 0 Å². The summed E-state index contributed by atoms with van der Waals surface area (Å²) in [4.78, 5) is 26.4. The molecule has 0 fully saturated rings. The van der Waals surface area contributed by atoms with Gasteiger partial charge in [0, 0.05) is 31.5 Å². The van der Waals surface area contributed by atoms with Crippen molar-refractivity contribution in [3.8, 4) is 0 Å². The molecule has 0 radical (unpaired) electrons. The van der Waals surface area contributed by atoms with Crippen LogP contribution in [0.1, 0.15) is 24.0 Å². The normalized spacial score (nSPS) is 14.1. The highest BCUT2D eigenvalue weighted by molar-refractivity contribution is 6.39. The number of benzene rings is 2. The van der Waals surface area contributed by atoms with Gasteiger partial charge in [0.05, 0.1) is 6.54 Å². The maximum Gasteiger partial charge on any atom is 0.270 e. The van der Waals surface area contributed by atoms with Gasteiger partial charge >= 0.3 is 0 Å². The third-order valence-corrected chi connectivity index (χ3v) is 4.49. The van der Waals surface area contributed by atoms with Crippen molar-refractivity contribution in [1.29, 1.82) is 0 Å². The third-order valence-electron chi connectivity index (χ3n) is 4.25. The molecule has 27 heavy (non-hydrogen) atoms. The van der Waals surface area contributed by atoms with Gasteiger partial charge in [-0.2, -0.15) is 5.10 Å². The Hall–Kier alpha value is -2.73. The molecule has 1 aliphatic rings. The zero-order chi connectivity index (χ0) is 19.4. The van der Waals surface area contributed by atoms with Crippen molar-refractivity contribution in [3.63, 3.8) is 0 Å². The smallest absolute Gasteiger partial charge is 0.270 e. The second-order valence-electron chi connectivity index (χ2n) is 6.42. The molecule has 0 atom stereocenters. The van der Waals surface area contributed by atoms with Crippen molar-refractivity contribution in [1.82, 2.24) is 9.91 Å². The lowest BCUT2D eigenvalue weighted by Gasteiger charge is -2.25. The van der Waals surface area contributed by atoms with Crippen LogP contribution >= 0.6 is 11.6 Å². The molecule has 2 aromatic rings. The van der Waals surface area contributed by atoms with Gasteiger partial charge in [-0.3, -0.25) is 9.59 Å². The Morgan fingerprint density at radius 3 is 2.63 bits per heavy atom. The highest BCUT2D eigenvalue weighted by Crippen LogP contribution is 2.17. The summed E-state index contributed by atoms with van der Waals surface area (Å²) in [6, 6.07) is 13.2. The van der Waals surface area contributed by atoms with Gasteiger partial charge in [0.25, 0.3) is 5.91 Å². The first-order valence-electron chi connectivity index (χ1n) is 8.54. The molecule has 0 aromatic heterocycles. The number of hydrogen-bond donors (Lipinski definition) is 0. The van der Waals surface area contributed by atoms with E-state index in [4.69, 9.17) is 11.6 Å². The lowest BCUT2D eigenvalue weighted by molar-refractivity contribution is -0.132. The van der Waals surface area contributed by atoms with Crippen molar-refractivity contribution in [2.45, 2.75) is 25.9 Å². The highest BCUT2D eigenvalue weighted by atomic mass is 35.5. The average Bonchev–Trinajstić information content (AvgIpc) is 2.64. The van der Waals surface area contributed by atoms with E-state index >= 15 is 0 Å². The summed E-state index contributed by atoms with van der Waals surface area (Å²) in [7, 11) is 1.69. The molecule has 0 bridgehead atoms. The van der Waals surface area contributed by atoms with Crippen molar-refractivity contribution in [3.05, 3.63) is 70.5 Å². The largest absolute Gasteiger partial charge is 0.336 e. The minimum absolute atomic E-state index is 0.159. The van der Waals surface area contributed by atoms with E-state index in [1.807, 2.05) is 12.1 Å². The van der Waals surface area contributed by atoms with E-state index in [-0.39, 0.29) is 30.6 Å². The summed E-state index contributed by atoms with van der Waals surface area (Å²) in [5.74, 6) is -0.731. The van der Waals surface area contributed by atoms with Crippen LogP contribution in [-0.4, -0.2) is 34.5 Å². The molecule has 140 valence electrons. The minimum atomic E-state index is -0.342. The van der Waals surface area contributed by atoms with Gasteiger partial charge in [-0.25, -0.2) is 9.40 Å². The van der Waals surface area contributed by atoms with Crippen molar-refractivity contribution >= 4 is 29.1 Å². The van der Waals surface area contributed by atoms with Crippen LogP contribution in [0.2, 0.25) is 5.02 Å². The lowest BCUT2D eigenvalue weighted by Crippen LogP contribution is -2.39. The maximum absolute atomic E-state index is 13.0. The SMILES string of the molecule is CN(Cc1cccc(Cl)c1)C(=O)C1=NN(Cc2ccc(F)cc2)C(=O)CC1. The number of carbonyl (C=O) groups is 2. The van der Waals surface area contributed by atoms with Gasteiger partial charge in [-0.15, -0.1) is 0 Å². The summed E-state index contributed by atoms with van der Waals surface area (Å²) in [6.07, 6.45) is 0.522. The molecule has 2 aromatic carbocycles. The van der Waals surface area contributed by atoms with Gasteiger partial charge in [0.2, 0.25) is 5.91 Å². The molecule has 1 heterocycles. The van der Waals surface area contributed by atoms with Gasteiger partial charge < -0.3 is 4.90 Å². The number of hydrogen-bond acceptors (Lipinski definition) is 3. The van der Waals surface area contributed by atoms with Crippen molar-refractivity contribution in [2.75, 3.05) is 7.05 Å². The van der Waals surface area contributed by atoms with Crippen LogP contribution < -0.4 is 0 Å². The molecule has 0 N–H and O–H groups in total. The van der Waals surface area contributed by atoms with Crippen LogP contribution in [0.25, 0.3) is 0 Å². The molecule has 0 unspecified atom stereocenters. The Morgan fingerprint density at radius 2 is 1.93 bits per heavy atom. The van der Waals surface area contributed by atoms with E-state index < -0.39 is 0 Å². The first-order chi connectivity index (χ1) is 12.9. The van der Waals surface area contributed by atoms with Crippen LogP contribution in [0.15, 0.2) is 53.6 Å². The zero-order valence-electron chi connectivity index (χ0n) is 14.9. The molecule has 2 amide bonds. The number of rotatable bonds is 5. The van der Waals surface area contributed by atoms with Crippen molar-refractivity contribution in [2.24, 2.45) is 5.10 Å². The molecule has 0 saturated carbocycles. The quantitative estimate of drug-likeness (QED) is 0.786. The van der Waals surface area contributed by atoms with Crippen LogP contribution in [0.5, 0.6) is 0 Å². The predicted molar refractivity (Wildman–Crippen MR) is 102 cm³/mol. The molecule has 7 heteroatoms. The summed E-state index contributed by atoms with van der Waals surface area (Å²) in [5.41, 5.74) is 1.99. The highest BCUT2D eigenvalue weighted by Gasteiger charge is 2.26. The fraction of sp³-hybridized carbons (Fsp3) is 0.250. The summed E-state index contributed by atoms with van der Waals surface area (Å²) < 4.78 is 13.0. The first kappa shape index (κ1) is 19.0. The Bertz CT molecular complexity index is 883. The number of amides is 2. The molecule has 0 aliphatic carbocycles. The van der Waals surface area contributed by atoms with Crippen LogP contribution in [0, 0.1) is 5.82 Å². The Kier molecular flexibility index (Phi) is 5.86. The van der Waals surface area contributed by atoms with E-state index in [0.717, 1.165) is 11.1 Å². The van der Waals surface area contributed by atoms with E-state index in [1.54, 1.807) is 36.2 Å². The number of hydrazone groups is 1. The van der Waals surface area contributed by atoms with Gasteiger partial charge in [-0.05, 0) is 35.4 Å². The molecule has 3 rings (SSSR count). The van der Waals surface area contributed by atoms with E-state index in [1.165, 1.54) is 17.1 Å². The fourth-order valence-corrected chi connectivity index (χ4v) is 3.06. The molecular weight excluding hydrogens is 369 g/mol. The second kappa shape index (κ2) is 8.31. The topological polar surface area (TPSA) is 53.0 Å². The fourth-order valence-electron chi connectivity index (χ4n) is 2.84. The van der Waals surface area contributed by atoms with Gasteiger partial charge in [0.15, 0.2) is 0 Å². The molecular formula is C20H19ClFN3O2. The first-order valence-corrected chi connectivity index (χ1v) is 8.92.